The number of halogens is 1. The minimum Gasteiger partial charge on any atom is -0.354 e. The van der Waals surface area contributed by atoms with Crippen LogP contribution in [0.25, 0.3) is 0 Å². The maximum atomic E-state index is 13.9. The van der Waals surface area contributed by atoms with E-state index in [1.807, 2.05) is 52.0 Å². The number of rotatable bonds is 11. The molecule has 6 heteroatoms. The Balaban J connectivity index is 2.13. The van der Waals surface area contributed by atoms with Gasteiger partial charge in [-0.3, -0.25) is 9.59 Å². The maximum absolute atomic E-state index is 13.9. The molecule has 0 fully saturated rings. The number of amides is 2. The molecule has 0 aromatic heterocycles. The van der Waals surface area contributed by atoms with E-state index < -0.39 is 6.04 Å². The molecule has 2 rings (SSSR count). The zero-order chi connectivity index (χ0) is 22.8. The first-order chi connectivity index (χ1) is 14.8. The molecule has 0 aliphatic rings. The summed E-state index contributed by atoms with van der Waals surface area (Å²) in [4.78, 5) is 27.7. The summed E-state index contributed by atoms with van der Waals surface area (Å²) in [6.07, 6.45) is 0.527. The lowest BCUT2D eigenvalue weighted by atomic mass is 10.1. The van der Waals surface area contributed by atoms with Crippen LogP contribution in [0, 0.1) is 18.7 Å². The molecule has 1 N–H and O–H groups in total. The van der Waals surface area contributed by atoms with Crippen LogP contribution in [0.15, 0.2) is 48.5 Å². The quantitative estimate of drug-likeness (QED) is 0.534. The molecule has 31 heavy (non-hydrogen) atoms. The summed E-state index contributed by atoms with van der Waals surface area (Å²) < 4.78 is 13.9. The number of nitrogens with zero attached hydrogens (tertiary/aromatic N) is 1. The zero-order valence-corrected chi connectivity index (χ0v) is 19.7. The summed E-state index contributed by atoms with van der Waals surface area (Å²) >= 11 is 1.37. The number of carbonyl (C=O) groups excluding carboxylic acids is 2. The number of benzene rings is 2. The van der Waals surface area contributed by atoms with Gasteiger partial charge in [0, 0.05) is 18.8 Å². The van der Waals surface area contributed by atoms with Crippen LogP contribution in [0.1, 0.15) is 43.9 Å². The summed E-state index contributed by atoms with van der Waals surface area (Å²) in [6, 6.07) is 14.0. The minimum absolute atomic E-state index is 0.116. The van der Waals surface area contributed by atoms with Crippen molar-refractivity contribution in [1.29, 1.82) is 0 Å². The second-order valence-corrected chi connectivity index (χ2v) is 9.14. The molecule has 0 bridgehead atoms. The van der Waals surface area contributed by atoms with Gasteiger partial charge in [0.1, 0.15) is 11.9 Å². The van der Waals surface area contributed by atoms with E-state index in [0.717, 1.165) is 11.1 Å². The lowest BCUT2D eigenvalue weighted by molar-refractivity contribution is -0.139. The number of aryl methyl sites for hydroxylation is 1. The highest BCUT2D eigenvalue weighted by atomic mass is 32.2. The van der Waals surface area contributed by atoms with E-state index in [4.69, 9.17) is 0 Å². The van der Waals surface area contributed by atoms with Crippen LogP contribution >= 0.6 is 11.8 Å². The molecule has 2 amide bonds. The van der Waals surface area contributed by atoms with Crippen molar-refractivity contribution in [1.82, 2.24) is 10.2 Å². The molecule has 1 atom stereocenters. The van der Waals surface area contributed by atoms with Gasteiger partial charge in [-0.25, -0.2) is 4.39 Å². The first-order valence-electron chi connectivity index (χ1n) is 10.8. The van der Waals surface area contributed by atoms with Crippen LogP contribution in [0.4, 0.5) is 4.39 Å². The molecule has 0 aliphatic heterocycles. The van der Waals surface area contributed by atoms with Crippen LogP contribution in [-0.2, 0) is 21.9 Å². The fourth-order valence-electron chi connectivity index (χ4n) is 3.30. The molecule has 0 heterocycles. The number of hydrogen-bond acceptors (Lipinski definition) is 3. The van der Waals surface area contributed by atoms with Gasteiger partial charge < -0.3 is 10.2 Å². The number of nitrogens with one attached hydrogen (secondary N) is 1. The molecule has 4 nitrogen and oxygen atoms in total. The predicted octanol–water partition coefficient (Wildman–Crippen LogP) is 4.95. The van der Waals surface area contributed by atoms with Gasteiger partial charge in [0.05, 0.1) is 5.75 Å². The van der Waals surface area contributed by atoms with Gasteiger partial charge in [0.15, 0.2) is 0 Å². The Morgan fingerprint density at radius 3 is 2.52 bits per heavy atom. The van der Waals surface area contributed by atoms with E-state index in [-0.39, 0.29) is 23.4 Å². The van der Waals surface area contributed by atoms with Gasteiger partial charge in [0.2, 0.25) is 11.8 Å². The first kappa shape index (κ1) is 24.9. The summed E-state index contributed by atoms with van der Waals surface area (Å²) in [5, 5.41) is 2.97. The Morgan fingerprint density at radius 2 is 1.87 bits per heavy atom. The van der Waals surface area contributed by atoms with Crippen LogP contribution in [-0.4, -0.2) is 35.1 Å². The van der Waals surface area contributed by atoms with Gasteiger partial charge in [-0.1, -0.05) is 68.8 Å². The van der Waals surface area contributed by atoms with Gasteiger partial charge in [-0.15, -0.1) is 11.8 Å². The van der Waals surface area contributed by atoms with Crippen molar-refractivity contribution in [3.63, 3.8) is 0 Å². The Morgan fingerprint density at radius 1 is 1.13 bits per heavy atom. The van der Waals surface area contributed by atoms with Crippen molar-refractivity contribution in [3.05, 3.63) is 71.0 Å². The predicted molar refractivity (Wildman–Crippen MR) is 126 cm³/mol. The summed E-state index contributed by atoms with van der Waals surface area (Å²) in [5.41, 5.74) is 2.67. The highest BCUT2D eigenvalue weighted by Gasteiger charge is 2.28. The van der Waals surface area contributed by atoms with Gasteiger partial charge >= 0.3 is 0 Å². The Hall–Kier alpha value is -2.34. The topological polar surface area (TPSA) is 49.4 Å². The number of hydrogen-bond donors (Lipinski definition) is 1. The lowest BCUT2D eigenvalue weighted by Gasteiger charge is -2.31. The van der Waals surface area contributed by atoms with Crippen LogP contribution < -0.4 is 5.32 Å². The van der Waals surface area contributed by atoms with Crippen LogP contribution in [0.3, 0.4) is 0 Å². The molecule has 2 aromatic rings. The van der Waals surface area contributed by atoms with Crippen LogP contribution in [0.2, 0.25) is 0 Å². The molecule has 1 unspecified atom stereocenters. The monoisotopic (exact) mass is 444 g/mol. The highest BCUT2D eigenvalue weighted by Crippen LogP contribution is 2.19. The highest BCUT2D eigenvalue weighted by molar-refractivity contribution is 7.99. The average Bonchev–Trinajstić information content (AvgIpc) is 2.73. The van der Waals surface area contributed by atoms with E-state index in [2.05, 4.69) is 5.32 Å². The zero-order valence-electron chi connectivity index (χ0n) is 18.9. The standard InChI is InChI=1S/C25H33FN2O2S/c1-5-23(25(30)27-14-18(2)3)28(15-20-10-8-9-19(4)13-20)24(29)17-31-16-21-11-6-7-12-22(21)26/h6-13,18,23H,5,14-17H2,1-4H3,(H,27,30). The second-order valence-electron chi connectivity index (χ2n) is 8.16. The smallest absolute Gasteiger partial charge is 0.242 e. The minimum atomic E-state index is -0.541. The Kier molecular flexibility index (Phi) is 10.0. The van der Waals surface area contributed by atoms with Crippen molar-refractivity contribution in [2.75, 3.05) is 12.3 Å². The third-order valence-electron chi connectivity index (χ3n) is 4.95. The van der Waals surface area contributed by atoms with Gasteiger partial charge in [-0.05, 0) is 36.5 Å². The Bertz CT molecular complexity index is 872. The van der Waals surface area contributed by atoms with E-state index in [1.165, 1.54) is 17.8 Å². The molecule has 0 radical (unpaired) electrons. The van der Waals surface area contributed by atoms with Crippen molar-refractivity contribution in [2.24, 2.45) is 5.92 Å². The SMILES string of the molecule is CCC(C(=O)NCC(C)C)N(Cc1cccc(C)c1)C(=O)CSCc1ccccc1F. The third-order valence-corrected chi connectivity index (χ3v) is 5.91. The molecule has 0 aliphatic carbocycles. The second kappa shape index (κ2) is 12.5. The third kappa shape index (κ3) is 8.02. The van der Waals surface area contributed by atoms with E-state index in [1.54, 1.807) is 23.1 Å². The maximum Gasteiger partial charge on any atom is 0.242 e. The summed E-state index contributed by atoms with van der Waals surface area (Å²) in [5.74, 6) is 0.421. The fourth-order valence-corrected chi connectivity index (χ4v) is 4.19. The average molecular weight is 445 g/mol. The van der Waals surface area contributed by atoms with Crippen molar-refractivity contribution >= 4 is 23.6 Å². The van der Waals surface area contributed by atoms with E-state index >= 15 is 0 Å². The van der Waals surface area contributed by atoms with E-state index in [0.29, 0.717) is 36.7 Å². The Labute approximate surface area is 189 Å². The molecule has 2 aromatic carbocycles. The van der Waals surface area contributed by atoms with Gasteiger partial charge in [-0.2, -0.15) is 0 Å². The largest absolute Gasteiger partial charge is 0.354 e. The number of thioether (sulfide) groups is 1. The van der Waals surface area contributed by atoms with Crippen LogP contribution in [0.5, 0.6) is 0 Å². The fraction of sp³-hybridized carbons (Fsp3) is 0.440. The molecule has 0 saturated heterocycles. The number of carbonyl (C=O) groups is 2. The summed E-state index contributed by atoms with van der Waals surface area (Å²) in [6.45, 7) is 8.94. The molecular weight excluding hydrogens is 411 g/mol. The van der Waals surface area contributed by atoms with Gasteiger partial charge in [0.25, 0.3) is 0 Å². The first-order valence-corrected chi connectivity index (χ1v) is 11.9. The normalized spacial score (nSPS) is 11.9. The molecule has 0 saturated carbocycles. The van der Waals surface area contributed by atoms with E-state index in [9.17, 15) is 14.0 Å². The van der Waals surface area contributed by atoms with Crippen molar-refractivity contribution in [2.45, 2.75) is 52.5 Å². The molecular formula is C25H33FN2O2S. The molecule has 0 spiro atoms. The summed E-state index contributed by atoms with van der Waals surface area (Å²) in [7, 11) is 0. The van der Waals surface area contributed by atoms with Crippen molar-refractivity contribution in [3.8, 4) is 0 Å². The lowest BCUT2D eigenvalue weighted by Crippen LogP contribution is -2.50. The van der Waals surface area contributed by atoms with Crippen molar-refractivity contribution < 1.29 is 14.0 Å². The molecule has 168 valence electrons.